The number of hydrogen-bond acceptors (Lipinski definition) is 2. The van der Waals surface area contributed by atoms with Crippen molar-refractivity contribution < 1.29 is 4.74 Å². The lowest BCUT2D eigenvalue weighted by Crippen LogP contribution is -2.31. The maximum atomic E-state index is 6.12. The minimum absolute atomic E-state index is 0.453. The molecule has 0 aliphatic carbocycles. The average Bonchev–Trinajstić information content (AvgIpc) is 2.31. The highest BCUT2D eigenvalue weighted by Gasteiger charge is 2.13. The smallest absolute Gasteiger partial charge is 0.261 e. The Morgan fingerprint density at radius 2 is 1.88 bits per heavy atom. The molecule has 4 heteroatoms. The van der Waals surface area contributed by atoms with Crippen LogP contribution in [0.5, 0.6) is 0 Å². The van der Waals surface area contributed by atoms with Crippen LogP contribution < -0.4 is 0 Å². The second-order valence-electron chi connectivity index (χ2n) is 3.28. The molecule has 0 aliphatic rings. The van der Waals surface area contributed by atoms with E-state index in [9.17, 15) is 0 Å². The van der Waals surface area contributed by atoms with Crippen molar-refractivity contribution in [3.05, 3.63) is 35.9 Å². The van der Waals surface area contributed by atoms with Gasteiger partial charge in [0.25, 0.3) is 5.17 Å². The predicted octanol–water partition coefficient (Wildman–Crippen LogP) is 3.57. The Bertz CT molecular complexity index is 327. The molecule has 0 saturated carbocycles. The van der Waals surface area contributed by atoms with Crippen molar-refractivity contribution in [3.63, 3.8) is 0 Å². The second kappa shape index (κ2) is 6.71. The normalized spacial score (nSPS) is 11.9. The highest BCUT2D eigenvalue weighted by molar-refractivity contribution is 7.80. The summed E-state index contributed by atoms with van der Waals surface area (Å²) in [6, 6.07) is 9.63. The van der Waals surface area contributed by atoms with Gasteiger partial charge >= 0.3 is 0 Å². The third-order valence-corrected chi connectivity index (χ3v) is 2.98. The molecule has 1 atom stereocenters. The lowest BCUT2D eigenvalue weighted by molar-refractivity contribution is 0.225. The van der Waals surface area contributed by atoms with E-state index in [0.29, 0.717) is 5.17 Å². The molecule has 1 rings (SSSR count). The first kappa shape index (κ1) is 13.3. The molecule has 2 nitrogen and oxygen atoms in total. The number of nitrogens with zero attached hydrogens (tertiary/aromatic N) is 1. The van der Waals surface area contributed by atoms with Crippen molar-refractivity contribution in [2.24, 2.45) is 0 Å². The van der Waals surface area contributed by atoms with E-state index in [4.69, 9.17) is 28.6 Å². The Morgan fingerprint density at radius 1 is 1.31 bits per heavy atom. The average molecular weight is 258 g/mol. The number of alkyl halides is 1. The Labute approximate surface area is 107 Å². The van der Waals surface area contributed by atoms with Gasteiger partial charge in [-0.25, -0.2) is 0 Å². The number of rotatable bonds is 4. The lowest BCUT2D eigenvalue weighted by atomic mass is 10.2. The third kappa shape index (κ3) is 3.65. The zero-order valence-corrected chi connectivity index (χ0v) is 11.1. The van der Waals surface area contributed by atoms with Gasteiger partial charge in [0.1, 0.15) is 0 Å². The number of halogens is 1. The van der Waals surface area contributed by atoms with Crippen LogP contribution >= 0.6 is 23.8 Å². The van der Waals surface area contributed by atoms with Crippen LogP contribution in [-0.2, 0) is 4.74 Å². The Balaban J connectivity index is 2.58. The molecule has 0 saturated heterocycles. The van der Waals surface area contributed by atoms with E-state index >= 15 is 0 Å². The summed E-state index contributed by atoms with van der Waals surface area (Å²) < 4.78 is 5.50. The summed E-state index contributed by atoms with van der Waals surface area (Å²) in [5.41, 5.74) is 0.396. The first-order valence-corrected chi connectivity index (χ1v) is 6.18. The van der Waals surface area contributed by atoms with Crippen molar-refractivity contribution >= 4 is 29.0 Å². The third-order valence-electron chi connectivity index (χ3n) is 2.29. The quantitative estimate of drug-likeness (QED) is 0.605. The minimum Gasteiger partial charge on any atom is -0.447 e. The zero-order valence-electron chi connectivity index (χ0n) is 9.52. The van der Waals surface area contributed by atoms with Gasteiger partial charge in [-0.15, -0.1) is 0 Å². The lowest BCUT2D eigenvalue weighted by Gasteiger charge is -2.23. The Kier molecular flexibility index (Phi) is 5.56. The van der Waals surface area contributed by atoms with E-state index in [0.717, 1.165) is 18.7 Å². The van der Waals surface area contributed by atoms with Crippen LogP contribution in [0.1, 0.15) is 25.0 Å². The molecule has 0 spiro atoms. The summed E-state index contributed by atoms with van der Waals surface area (Å²) >= 11 is 11.3. The van der Waals surface area contributed by atoms with Crippen LogP contribution in [0.2, 0.25) is 0 Å². The topological polar surface area (TPSA) is 12.5 Å². The van der Waals surface area contributed by atoms with Crippen LogP contribution in [0, 0.1) is 0 Å². The van der Waals surface area contributed by atoms with Crippen LogP contribution in [0.4, 0.5) is 0 Å². The van der Waals surface area contributed by atoms with Crippen molar-refractivity contribution in [1.29, 1.82) is 0 Å². The maximum absolute atomic E-state index is 6.12. The minimum atomic E-state index is -0.519. The highest BCUT2D eigenvalue weighted by atomic mass is 35.5. The molecule has 0 N–H and O–H groups in total. The van der Waals surface area contributed by atoms with Crippen molar-refractivity contribution in [2.75, 3.05) is 13.1 Å². The van der Waals surface area contributed by atoms with Gasteiger partial charge in [-0.05, 0) is 26.1 Å². The standard InChI is InChI=1S/C12H16ClNOS/c1-3-14(4-2)12(16)15-11(13)10-8-6-5-7-9-10/h5-9,11H,3-4H2,1-2H3. The van der Waals surface area contributed by atoms with Gasteiger partial charge in [0.15, 0.2) is 5.56 Å². The van der Waals surface area contributed by atoms with Crippen molar-refractivity contribution in [3.8, 4) is 0 Å². The second-order valence-corrected chi connectivity index (χ2v) is 4.03. The van der Waals surface area contributed by atoms with E-state index in [1.54, 1.807) is 0 Å². The Morgan fingerprint density at radius 3 is 2.38 bits per heavy atom. The molecule has 0 aromatic heterocycles. The highest BCUT2D eigenvalue weighted by Crippen LogP contribution is 2.22. The summed E-state index contributed by atoms with van der Waals surface area (Å²) in [5.74, 6) is 0. The Hall–Kier alpha value is -0.800. The van der Waals surface area contributed by atoms with Gasteiger partial charge < -0.3 is 9.64 Å². The molecule has 16 heavy (non-hydrogen) atoms. The van der Waals surface area contributed by atoms with Crippen LogP contribution in [0.25, 0.3) is 0 Å². The first-order chi connectivity index (χ1) is 7.69. The van der Waals surface area contributed by atoms with Gasteiger partial charge in [0, 0.05) is 18.7 Å². The SMILES string of the molecule is CCN(CC)C(=S)OC(Cl)c1ccccc1. The van der Waals surface area contributed by atoms with E-state index in [2.05, 4.69) is 0 Å². The molecular weight excluding hydrogens is 242 g/mol. The summed E-state index contributed by atoms with van der Waals surface area (Å²) in [6.07, 6.45) is 0. The molecule has 0 aliphatic heterocycles. The van der Waals surface area contributed by atoms with E-state index < -0.39 is 5.56 Å². The monoisotopic (exact) mass is 257 g/mol. The van der Waals surface area contributed by atoms with E-state index in [-0.39, 0.29) is 0 Å². The van der Waals surface area contributed by atoms with Crippen LogP contribution in [0.3, 0.4) is 0 Å². The van der Waals surface area contributed by atoms with Gasteiger partial charge in [-0.2, -0.15) is 0 Å². The molecule has 1 unspecified atom stereocenters. The molecule has 0 fully saturated rings. The fourth-order valence-corrected chi connectivity index (χ4v) is 1.95. The molecule has 0 bridgehead atoms. The fraction of sp³-hybridized carbons (Fsp3) is 0.417. The predicted molar refractivity (Wildman–Crippen MR) is 71.6 cm³/mol. The molecule has 0 heterocycles. The number of benzene rings is 1. The molecule has 0 radical (unpaired) electrons. The largest absolute Gasteiger partial charge is 0.447 e. The number of hydrogen-bond donors (Lipinski definition) is 0. The molecular formula is C12H16ClNOS. The molecule has 1 aromatic rings. The van der Waals surface area contributed by atoms with E-state index in [1.165, 1.54) is 0 Å². The number of ether oxygens (including phenoxy) is 1. The summed E-state index contributed by atoms with van der Waals surface area (Å²) in [7, 11) is 0. The number of thiocarbonyl (C=S) groups is 1. The summed E-state index contributed by atoms with van der Waals surface area (Å²) in [5, 5.41) is 0.453. The molecule has 88 valence electrons. The van der Waals surface area contributed by atoms with E-state index in [1.807, 2.05) is 49.1 Å². The van der Waals surface area contributed by atoms with Crippen LogP contribution in [0.15, 0.2) is 30.3 Å². The van der Waals surface area contributed by atoms with Gasteiger partial charge in [0.05, 0.1) is 0 Å². The zero-order chi connectivity index (χ0) is 12.0. The van der Waals surface area contributed by atoms with Crippen molar-refractivity contribution in [2.45, 2.75) is 19.4 Å². The molecule has 1 aromatic carbocycles. The summed E-state index contributed by atoms with van der Waals surface area (Å²) in [6.45, 7) is 5.72. The van der Waals surface area contributed by atoms with Crippen molar-refractivity contribution in [1.82, 2.24) is 4.90 Å². The van der Waals surface area contributed by atoms with Gasteiger partial charge in [-0.3, -0.25) is 0 Å². The fourth-order valence-electron chi connectivity index (χ4n) is 1.32. The maximum Gasteiger partial charge on any atom is 0.261 e. The van der Waals surface area contributed by atoms with Gasteiger partial charge in [0.2, 0.25) is 0 Å². The molecule has 0 amide bonds. The first-order valence-electron chi connectivity index (χ1n) is 5.33. The van der Waals surface area contributed by atoms with Crippen LogP contribution in [-0.4, -0.2) is 23.2 Å². The summed E-state index contributed by atoms with van der Waals surface area (Å²) in [4.78, 5) is 1.95. The van der Waals surface area contributed by atoms with Gasteiger partial charge in [-0.1, -0.05) is 41.9 Å².